The molecule has 0 heterocycles. The lowest BCUT2D eigenvalue weighted by molar-refractivity contribution is -0.0489. The molecule has 3 nitrogen and oxygen atoms in total. The maximum absolute atomic E-state index is 11.1. The zero-order valence-electron chi connectivity index (χ0n) is 20.7. The van der Waals surface area contributed by atoms with Crippen molar-refractivity contribution in [2.24, 2.45) is 28.6 Å². The molecule has 8 atom stereocenters. The lowest BCUT2D eigenvalue weighted by Gasteiger charge is -2.56. The van der Waals surface area contributed by atoms with Gasteiger partial charge in [0, 0.05) is 22.8 Å². The average molecular weight is 461 g/mol. The Hall–Kier alpha value is -0.550. The van der Waals surface area contributed by atoms with Crippen molar-refractivity contribution in [2.75, 3.05) is 5.75 Å². The first kappa shape index (κ1) is 24.6. The summed E-state index contributed by atoms with van der Waals surface area (Å²) in [7, 11) is 0. The average Bonchev–Trinajstić information content (AvgIpc) is 3.11. The zero-order chi connectivity index (χ0) is 23.3. The standard InChI is InChI=1S/C28H44O3S/c1-6-18(7-2)25(30)16-32-17(3)22-10-11-23-21-9-8-19-14-20(29)15-26(31)28(19,5)24(21)12-13-27(22,23)4/h8-10,17-18,20,23-26,29-31H,6-7,11-16H2,1-5H3/t17?,20?,23-,24-,25-,26?,27+,28-/m0/s1. The maximum atomic E-state index is 11.1. The van der Waals surface area contributed by atoms with Crippen molar-refractivity contribution in [3.63, 3.8) is 0 Å². The van der Waals surface area contributed by atoms with E-state index in [9.17, 15) is 15.3 Å². The van der Waals surface area contributed by atoms with Crippen LogP contribution in [0.15, 0.2) is 34.9 Å². The number of hydrogen-bond donors (Lipinski definition) is 3. The molecule has 0 aromatic heterocycles. The fraction of sp³-hybridized carbons (Fsp3) is 0.786. The van der Waals surface area contributed by atoms with E-state index < -0.39 is 12.2 Å². The first-order chi connectivity index (χ1) is 15.2. The summed E-state index contributed by atoms with van der Waals surface area (Å²) in [4.78, 5) is 0. The summed E-state index contributed by atoms with van der Waals surface area (Å²) >= 11 is 1.93. The SMILES string of the molecule is CCC(CC)[C@@H](O)CSC(C)C1=CC[C@H]2C3=CC=C4CC(O)CC(O)[C@]4(C)[C@H]3CC[C@]12C. The van der Waals surface area contributed by atoms with Gasteiger partial charge in [0.05, 0.1) is 18.3 Å². The Balaban J connectivity index is 1.51. The van der Waals surface area contributed by atoms with E-state index in [0.717, 1.165) is 37.9 Å². The van der Waals surface area contributed by atoms with E-state index in [-0.39, 0.29) is 16.9 Å². The minimum Gasteiger partial charge on any atom is -0.393 e. The first-order valence-corrected chi connectivity index (χ1v) is 14.0. The van der Waals surface area contributed by atoms with Crippen molar-refractivity contribution >= 4 is 11.8 Å². The third-order valence-electron chi connectivity index (χ3n) is 9.84. The topological polar surface area (TPSA) is 60.7 Å². The highest BCUT2D eigenvalue weighted by molar-refractivity contribution is 8.00. The van der Waals surface area contributed by atoms with Gasteiger partial charge in [-0.25, -0.2) is 0 Å². The summed E-state index contributed by atoms with van der Waals surface area (Å²) in [6, 6.07) is 0. The highest BCUT2D eigenvalue weighted by Gasteiger charge is 2.57. The molecule has 0 aliphatic heterocycles. The molecule has 0 saturated heterocycles. The van der Waals surface area contributed by atoms with Crippen LogP contribution < -0.4 is 0 Å². The molecule has 4 heteroatoms. The van der Waals surface area contributed by atoms with Crippen LogP contribution in [0.5, 0.6) is 0 Å². The third kappa shape index (κ3) is 3.87. The molecule has 4 aliphatic rings. The van der Waals surface area contributed by atoms with Gasteiger partial charge < -0.3 is 15.3 Å². The van der Waals surface area contributed by atoms with E-state index in [0.29, 0.717) is 35.8 Å². The number of thioether (sulfide) groups is 1. The Morgan fingerprint density at radius 3 is 2.53 bits per heavy atom. The molecule has 0 aromatic rings. The monoisotopic (exact) mass is 460 g/mol. The Bertz CT molecular complexity index is 796. The van der Waals surface area contributed by atoms with Crippen molar-refractivity contribution < 1.29 is 15.3 Å². The molecule has 3 unspecified atom stereocenters. The number of aliphatic hydroxyl groups is 3. The van der Waals surface area contributed by atoms with Gasteiger partial charge in [-0.05, 0) is 55.8 Å². The summed E-state index contributed by atoms with van der Waals surface area (Å²) in [5, 5.41) is 32.3. The Morgan fingerprint density at radius 1 is 1.12 bits per heavy atom. The van der Waals surface area contributed by atoms with Crippen LogP contribution in [-0.2, 0) is 0 Å². The second-order valence-electron chi connectivity index (χ2n) is 11.3. The highest BCUT2D eigenvalue weighted by Crippen LogP contribution is 2.64. The van der Waals surface area contributed by atoms with E-state index in [1.807, 2.05) is 11.8 Å². The molecule has 0 spiro atoms. The Morgan fingerprint density at radius 2 is 1.84 bits per heavy atom. The number of allylic oxidation sites excluding steroid dienone is 4. The van der Waals surface area contributed by atoms with Crippen LogP contribution in [0.4, 0.5) is 0 Å². The van der Waals surface area contributed by atoms with E-state index in [1.165, 1.54) is 11.1 Å². The summed E-state index contributed by atoms with van der Waals surface area (Å²) in [6.07, 6.45) is 12.6. The molecule has 0 bridgehead atoms. The molecule has 4 aliphatic carbocycles. The Labute approximate surface area is 199 Å². The van der Waals surface area contributed by atoms with E-state index in [4.69, 9.17) is 0 Å². The van der Waals surface area contributed by atoms with Crippen LogP contribution in [0.2, 0.25) is 0 Å². The Kier molecular flexibility index (Phi) is 7.10. The predicted molar refractivity (Wildman–Crippen MR) is 135 cm³/mol. The van der Waals surface area contributed by atoms with Gasteiger partial charge in [0.25, 0.3) is 0 Å². The second kappa shape index (κ2) is 9.24. The molecule has 3 N–H and O–H groups in total. The van der Waals surface area contributed by atoms with Crippen LogP contribution >= 0.6 is 11.8 Å². The second-order valence-corrected chi connectivity index (χ2v) is 12.7. The molecule has 2 fully saturated rings. The molecule has 0 amide bonds. The molecule has 180 valence electrons. The largest absolute Gasteiger partial charge is 0.393 e. The van der Waals surface area contributed by atoms with Crippen LogP contribution in [0.1, 0.15) is 79.6 Å². The minimum absolute atomic E-state index is 0.176. The van der Waals surface area contributed by atoms with E-state index in [2.05, 4.69) is 52.8 Å². The highest BCUT2D eigenvalue weighted by atomic mass is 32.2. The molecular weight excluding hydrogens is 416 g/mol. The van der Waals surface area contributed by atoms with Crippen LogP contribution in [0, 0.1) is 28.6 Å². The smallest absolute Gasteiger partial charge is 0.0661 e. The van der Waals surface area contributed by atoms with Gasteiger partial charge in [-0.1, -0.05) is 75.5 Å². The molecular formula is C28H44O3S. The number of fused-ring (bicyclic) bond motifs is 5. The lowest BCUT2D eigenvalue weighted by atomic mass is 9.50. The normalized spacial score (nSPS) is 40.6. The summed E-state index contributed by atoms with van der Waals surface area (Å²) < 4.78 is 0. The van der Waals surface area contributed by atoms with Gasteiger partial charge in [0.2, 0.25) is 0 Å². The molecule has 2 saturated carbocycles. The van der Waals surface area contributed by atoms with Crippen LogP contribution in [0.3, 0.4) is 0 Å². The van der Waals surface area contributed by atoms with Gasteiger partial charge in [0.1, 0.15) is 0 Å². The van der Waals surface area contributed by atoms with Gasteiger partial charge >= 0.3 is 0 Å². The summed E-state index contributed by atoms with van der Waals surface area (Å²) in [6.45, 7) is 11.4. The minimum atomic E-state index is -0.467. The van der Waals surface area contributed by atoms with Crippen LogP contribution in [-0.4, -0.2) is 44.6 Å². The maximum Gasteiger partial charge on any atom is 0.0661 e. The fourth-order valence-electron chi connectivity index (χ4n) is 7.60. The van der Waals surface area contributed by atoms with Gasteiger partial charge in [0.15, 0.2) is 0 Å². The van der Waals surface area contributed by atoms with Crippen molar-refractivity contribution in [3.8, 4) is 0 Å². The molecule has 4 rings (SSSR count). The molecule has 32 heavy (non-hydrogen) atoms. The van der Waals surface area contributed by atoms with Crippen molar-refractivity contribution in [3.05, 3.63) is 34.9 Å². The first-order valence-electron chi connectivity index (χ1n) is 12.9. The summed E-state index contributed by atoms with van der Waals surface area (Å²) in [5.41, 5.74) is 4.29. The van der Waals surface area contributed by atoms with Crippen molar-refractivity contribution in [1.82, 2.24) is 0 Å². The third-order valence-corrected chi connectivity index (χ3v) is 11.1. The van der Waals surface area contributed by atoms with Crippen molar-refractivity contribution in [1.29, 1.82) is 0 Å². The number of hydrogen-bond acceptors (Lipinski definition) is 4. The zero-order valence-corrected chi connectivity index (χ0v) is 21.5. The van der Waals surface area contributed by atoms with E-state index >= 15 is 0 Å². The van der Waals surface area contributed by atoms with E-state index in [1.54, 1.807) is 5.57 Å². The van der Waals surface area contributed by atoms with Crippen molar-refractivity contribution in [2.45, 2.75) is 103 Å². The number of rotatable bonds is 7. The predicted octanol–water partition coefficient (Wildman–Crippen LogP) is 5.66. The van der Waals surface area contributed by atoms with Crippen LogP contribution in [0.25, 0.3) is 0 Å². The molecule has 0 radical (unpaired) electrons. The number of aliphatic hydroxyl groups excluding tert-OH is 3. The van der Waals surface area contributed by atoms with Gasteiger partial charge in [-0.15, -0.1) is 0 Å². The fourth-order valence-corrected chi connectivity index (χ4v) is 8.90. The molecule has 0 aromatic carbocycles. The quantitative estimate of drug-likeness (QED) is 0.429. The van der Waals surface area contributed by atoms with Gasteiger partial charge in [-0.3, -0.25) is 0 Å². The summed E-state index contributed by atoms with van der Waals surface area (Å²) in [5.74, 6) is 2.11. The lowest BCUT2D eigenvalue weighted by Crippen LogP contribution is -2.52. The van der Waals surface area contributed by atoms with Gasteiger partial charge in [-0.2, -0.15) is 11.8 Å².